The van der Waals surface area contributed by atoms with E-state index in [-0.39, 0.29) is 0 Å². The summed E-state index contributed by atoms with van der Waals surface area (Å²) in [4.78, 5) is 0. The van der Waals surface area contributed by atoms with Gasteiger partial charge < -0.3 is 10.5 Å². The molecule has 1 heterocycles. The number of nitrogens with zero attached hydrogens (tertiary/aromatic N) is 3. The van der Waals surface area contributed by atoms with Crippen molar-refractivity contribution in [2.45, 2.75) is 44.2 Å². The molecular formula is C11H20N4O. The molecule has 0 amide bonds. The fourth-order valence-electron chi connectivity index (χ4n) is 2.33. The van der Waals surface area contributed by atoms with E-state index in [0.29, 0.717) is 18.7 Å². The van der Waals surface area contributed by atoms with Crippen LogP contribution in [0.1, 0.15) is 37.4 Å². The molecule has 0 saturated heterocycles. The van der Waals surface area contributed by atoms with Crippen LogP contribution in [0.3, 0.4) is 0 Å². The molecule has 0 aliphatic heterocycles. The minimum Gasteiger partial charge on any atom is -0.381 e. The minimum absolute atomic E-state index is 0.376. The second-order valence-electron chi connectivity index (χ2n) is 4.41. The number of methoxy groups -OCH3 is 1. The third-order valence-electron chi connectivity index (χ3n) is 3.26. The Kier molecular flexibility index (Phi) is 3.90. The Balaban J connectivity index is 1.99. The summed E-state index contributed by atoms with van der Waals surface area (Å²) in [6.45, 7) is 0.629. The summed E-state index contributed by atoms with van der Waals surface area (Å²) in [6, 6.07) is 0.442. The molecule has 5 heteroatoms. The van der Waals surface area contributed by atoms with Gasteiger partial charge in [-0.05, 0) is 32.2 Å². The van der Waals surface area contributed by atoms with Gasteiger partial charge in [0.2, 0.25) is 0 Å². The Labute approximate surface area is 96.0 Å². The molecule has 2 N–H and O–H groups in total. The monoisotopic (exact) mass is 224 g/mol. The molecule has 1 aliphatic carbocycles. The molecule has 16 heavy (non-hydrogen) atoms. The first-order valence-corrected chi connectivity index (χ1v) is 5.97. The van der Waals surface area contributed by atoms with Crippen LogP contribution in [0, 0.1) is 0 Å². The third kappa shape index (κ3) is 2.59. The van der Waals surface area contributed by atoms with E-state index in [2.05, 4.69) is 10.3 Å². The maximum absolute atomic E-state index is 5.49. The van der Waals surface area contributed by atoms with Gasteiger partial charge in [0.05, 0.1) is 17.8 Å². The highest BCUT2D eigenvalue weighted by molar-refractivity contribution is 4.94. The minimum atomic E-state index is 0.376. The highest BCUT2D eigenvalue weighted by atomic mass is 16.5. The Morgan fingerprint density at radius 3 is 3.19 bits per heavy atom. The van der Waals surface area contributed by atoms with Gasteiger partial charge in [-0.1, -0.05) is 5.21 Å². The highest BCUT2D eigenvalue weighted by Crippen LogP contribution is 2.29. The summed E-state index contributed by atoms with van der Waals surface area (Å²) in [7, 11) is 1.79. The summed E-state index contributed by atoms with van der Waals surface area (Å²) in [5.74, 6) is 0. The van der Waals surface area contributed by atoms with Crippen LogP contribution in [-0.4, -0.2) is 34.8 Å². The van der Waals surface area contributed by atoms with Crippen molar-refractivity contribution in [3.63, 3.8) is 0 Å². The van der Waals surface area contributed by atoms with Crippen LogP contribution in [0.25, 0.3) is 0 Å². The number of rotatable bonds is 4. The zero-order valence-electron chi connectivity index (χ0n) is 9.80. The largest absolute Gasteiger partial charge is 0.381 e. The van der Waals surface area contributed by atoms with E-state index >= 15 is 0 Å². The van der Waals surface area contributed by atoms with E-state index in [9.17, 15) is 0 Å². The lowest BCUT2D eigenvalue weighted by Crippen LogP contribution is -2.24. The van der Waals surface area contributed by atoms with Crippen LogP contribution >= 0.6 is 0 Å². The molecule has 1 aromatic heterocycles. The molecule has 0 spiro atoms. The van der Waals surface area contributed by atoms with Crippen LogP contribution in [-0.2, 0) is 11.2 Å². The van der Waals surface area contributed by atoms with Crippen molar-refractivity contribution in [3.05, 3.63) is 11.9 Å². The molecule has 0 bridgehead atoms. The Bertz CT molecular complexity index is 326. The smallest absolute Gasteiger partial charge is 0.0839 e. The standard InChI is InChI=1S/C11H20N4O/c1-16-11-4-2-3-10(7-11)15-8-9(5-6-12)13-14-15/h8,10-11H,2-7,12H2,1H3. The van der Waals surface area contributed by atoms with Crippen LogP contribution in [0.4, 0.5) is 0 Å². The van der Waals surface area contributed by atoms with Gasteiger partial charge in [-0.2, -0.15) is 0 Å². The maximum Gasteiger partial charge on any atom is 0.0839 e. The predicted octanol–water partition coefficient (Wildman–Crippen LogP) is 0.909. The molecule has 0 radical (unpaired) electrons. The molecule has 1 saturated carbocycles. The average Bonchev–Trinajstić information content (AvgIpc) is 2.78. The van der Waals surface area contributed by atoms with Gasteiger partial charge in [-0.25, -0.2) is 4.68 Å². The molecule has 5 nitrogen and oxygen atoms in total. The fourth-order valence-corrected chi connectivity index (χ4v) is 2.33. The molecule has 90 valence electrons. The molecule has 1 fully saturated rings. The Hall–Kier alpha value is -0.940. The third-order valence-corrected chi connectivity index (χ3v) is 3.26. The number of ether oxygens (including phenoxy) is 1. The van der Waals surface area contributed by atoms with E-state index in [1.165, 1.54) is 12.8 Å². The lowest BCUT2D eigenvalue weighted by atomic mass is 9.93. The van der Waals surface area contributed by atoms with E-state index in [1.807, 2.05) is 10.9 Å². The first-order valence-electron chi connectivity index (χ1n) is 5.97. The Morgan fingerprint density at radius 2 is 2.44 bits per heavy atom. The lowest BCUT2D eigenvalue weighted by molar-refractivity contribution is 0.0504. The van der Waals surface area contributed by atoms with Crippen LogP contribution in [0.15, 0.2) is 6.20 Å². The van der Waals surface area contributed by atoms with Gasteiger partial charge >= 0.3 is 0 Å². The molecule has 1 aliphatic rings. The summed E-state index contributed by atoms with van der Waals surface area (Å²) in [5.41, 5.74) is 6.48. The second kappa shape index (κ2) is 5.41. The van der Waals surface area contributed by atoms with Crippen molar-refractivity contribution in [3.8, 4) is 0 Å². The predicted molar refractivity (Wildman–Crippen MR) is 61.1 cm³/mol. The maximum atomic E-state index is 5.49. The van der Waals surface area contributed by atoms with Crippen LogP contribution in [0.5, 0.6) is 0 Å². The van der Waals surface area contributed by atoms with E-state index in [4.69, 9.17) is 10.5 Å². The number of aromatic nitrogens is 3. The zero-order chi connectivity index (χ0) is 11.4. The Morgan fingerprint density at radius 1 is 1.56 bits per heavy atom. The van der Waals surface area contributed by atoms with Gasteiger partial charge in [0.15, 0.2) is 0 Å². The molecule has 2 rings (SSSR count). The van der Waals surface area contributed by atoms with E-state index < -0.39 is 0 Å². The van der Waals surface area contributed by atoms with Gasteiger partial charge in [0, 0.05) is 19.7 Å². The van der Waals surface area contributed by atoms with Crippen molar-refractivity contribution in [2.75, 3.05) is 13.7 Å². The first kappa shape index (κ1) is 11.5. The molecule has 2 unspecified atom stereocenters. The van der Waals surface area contributed by atoms with Crippen molar-refractivity contribution in [1.29, 1.82) is 0 Å². The molecule has 1 aromatic rings. The van der Waals surface area contributed by atoms with Crippen molar-refractivity contribution in [1.82, 2.24) is 15.0 Å². The summed E-state index contributed by atoms with van der Waals surface area (Å²) >= 11 is 0. The van der Waals surface area contributed by atoms with E-state index in [0.717, 1.165) is 25.0 Å². The molecule has 0 aromatic carbocycles. The van der Waals surface area contributed by atoms with Crippen molar-refractivity contribution in [2.24, 2.45) is 5.73 Å². The zero-order valence-corrected chi connectivity index (χ0v) is 9.80. The van der Waals surface area contributed by atoms with Gasteiger partial charge in [0.1, 0.15) is 0 Å². The SMILES string of the molecule is COC1CCCC(n2cc(CCN)nn2)C1. The summed E-state index contributed by atoms with van der Waals surface area (Å²) < 4.78 is 7.40. The first-order chi connectivity index (χ1) is 7.83. The highest BCUT2D eigenvalue weighted by Gasteiger charge is 2.23. The van der Waals surface area contributed by atoms with Crippen molar-refractivity contribution < 1.29 is 4.74 Å². The fraction of sp³-hybridized carbons (Fsp3) is 0.818. The summed E-state index contributed by atoms with van der Waals surface area (Å²) in [5, 5.41) is 8.31. The topological polar surface area (TPSA) is 66.0 Å². The lowest BCUT2D eigenvalue weighted by Gasteiger charge is -2.27. The number of nitrogens with two attached hydrogens (primary N) is 1. The van der Waals surface area contributed by atoms with Gasteiger partial charge in [-0.3, -0.25) is 0 Å². The molecule has 2 atom stereocenters. The molecular weight excluding hydrogens is 204 g/mol. The number of hydrogen-bond donors (Lipinski definition) is 1. The second-order valence-corrected chi connectivity index (χ2v) is 4.41. The summed E-state index contributed by atoms with van der Waals surface area (Å²) in [6.07, 6.45) is 7.79. The number of hydrogen-bond acceptors (Lipinski definition) is 4. The van der Waals surface area contributed by atoms with Crippen molar-refractivity contribution >= 4 is 0 Å². The normalized spacial score (nSPS) is 25.9. The van der Waals surface area contributed by atoms with Gasteiger partial charge in [-0.15, -0.1) is 5.10 Å². The van der Waals surface area contributed by atoms with Crippen LogP contribution in [0.2, 0.25) is 0 Å². The van der Waals surface area contributed by atoms with Gasteiger partial charge in [0.25, 0.3) is 0 Å². The quantitative estimate of drug-likeness (QED) is 0.825. The average molecular weight is 224 g/mol. The van der Waals surface area contributed by atoms with E-state index in [1.54, 1.807) is 7.11 Å². The van der Waals surface area contributed by atoms with Crippen LogP contribution < -0.4 is 5.73 Å².